The summed E-state index contributed by atoms with van der Waals surface area (Å²) in [5.41, 5.74) is 1.57. The van der Waals surface area contributed by atoms with Gasteiger partial charge in [-0.25, -0.2) is 8.78 Å². The van der Waals surface area contributed by atoms with Crippen LogP contribution in [0.15, 0.2) is 60.9 Å². The molecule has 0 spiro atoms. The molecule has 0 aliphatic rings. The van der Waals surface area contributed by atoms with Gasteiger partial charge in [-0.15, -0.1) is 0 Å². The molecule has 3 aromatic rings. The monoisotopic (exact) mass is 327 g/mol. The van der Waals surface area contributed by atoms with Gasteiger partial charge in [-0.1, -0.05) is 30.3 Å². The number of aromatic nitrogens is 2. The van der Waals surface area contributed by atoms with Gasteiger partial charge in [0, 0.05) is 18.3 Å². The van der Waals surface area contributed by atoms with Crippen LogP contribution in [0, 0.1) is 11.6 Å². The molecular weight excluding hydrogens is 312 g/mol. The van der Waals surface area contributed by atoms with Crippen LogP contribution in [-0.2, 0) is 13.1 Å². The Hall–Kier alpha value is -3.02. The zero-order valence-corrected chi connectivity index (χ0v) is 12.7. The van der Waals surface area contributed by atoms with Crippen LogP contribution in [0.3, 0.4) is 0 Å². The molecule has 122 valence electrons. The van der Waals surface area contributed by atoms with Crippen molar-refractivity contribution in [2.24, 2.45) is 0 Å². The fourth-order valence-corrected chi connectivity index (χ4v) is 2.30. The summed E-state index contributed by atoms with van der Waals surface area (Å²) < 4.78 is 28.4. The predicted molar refractivity (Wildman–Crippen MR) is 85.3 cm³/mol. The molecule has 0 atom stereocenters. The Bertz CT molecular complexity index is 846. The van der Waals surface area contributed by atoms with Crippen molar-refractivity contribution in [1.29, 1.82) is 0 Å². The van der Waals surface area contributed by atoms with Gasteiger partial charge < -0.3 is 5.32 Å². The van der Waals surface area contributed by atoms with Gasteiger partial charge in [-0.05, 0) is 23.8 Å². The molecule has 0 aliphatic carbocycles. The van der Waals surface area contributed by atoms with Crippen molar-refractivity contribution in [3.8, 4) is 0 Å². The van der Waals surface area contributed by atoms with Crippen LogP contribution in [0.5, 0.6) is 0 Å². The lowest BCUT2D eigenvalue weighted by Gasteiger charge is -2.05. The van der Waals surface area contributed by atoms with Gasteiger partial charge in [0.15, 0.2) is 0 Å². The molecule has 0 fully saturated rings. The van der Waals surface area contributed by atoms with E-state index in [1.807, 2.05) is 30.3 Å². The van der Waals surface area contributed by atoms with Crippen LogP contribution in [0.2, 0.25) is 0 Å². The number of amides is 1. The molecule has 0 bridgehead atoms. The first kappa shape index (κ1) is 15.9. The van der Waals surface area contributed by atoms with Gasteiger partial charge in [0.2, 0.25) is 0 Å². The molecule has 0 unspecified atom stereocenters. The van der Waals surface area contributed by atoms with E-state index in [0.717, 1.165) is 29.3 Å². The molecule has 1 N–H and O–H groups in total. The number of nitrogens with zero attached hydrogens (tertiary/aromatic N) is 2. The van der Waals surface area contributed by atoms with Gasteiger partial charge >= 0.3 is 0 Å². The molecule has 3 rings (SSSR count). The number of rotatable bonds is 5. The van der Waals surface area contributed by atoms with Crippen LogP contribution in [0.1, 0.15) is 21.5 Å². The van der Waals surface area contributed by atoms with Gasteiger partial charge in [0.1, 0.15) is 11.6 Å². The third-order valence-electron chi connectivity index (χ3n) is 3.50. The number of hydrogen-bond donors (Lipinski definition) is 1. The first-order chi connectivity index (χ1) is 11.6. The van der Waals surface area contributed by atoms with Crippen molar-refractivity contribution in [3.05, 3.63) is 89.2 Å². The lowest BCUT2D eigenvalue weighted by atomic mass is 10.2. The second kappa shape index (κ2) is 7.04. The molecule has 1 aromatic heterocycles. The van der Waals surface area contributed by atoms with Crippen molar-refractivity contribution >= 4 is 5.91 Å². The summed E-state index contributed by atoms with van der Waals surface area (Å²) in [6, 6.07) is 12.6. The summed E-state index contributed by atoms with van der Waals surface area (Å²) in [6.45, 7) is 0.802. The molecule has 6 heteroatoms. The number of nitrogens with one attached hydrogen (secondary N) is 1. The van der Waals surface area contributed by atoms with Crippen molar-refractivity contribution in [1.82, 2.24) is 15.1 Å². The summed E-state index contributed by atoms with van der Waals surface area (Å²) in [4.78, 5) is 11.9. The summed E-state index contributed by atoms with van der Waals surface area (Å²) >= 11 is 0. The minimum absolute atomic E-state index is 0.184. The van der Waals surface area contributed by atoms with Crippen LogP contribution < -0.4 is 5.32 Å². The molecule has 4 nitrogen and oxygen atoms in total. The molecule has 0 radical (unpaired) electrons. The van der Waals surface area contributed by atoms with Crippen molar-refractivity contribution in [3.63, 3.8) is 0 Å². The number of carbonyl (C=O) groups excluding carboxylic acids is 1. The van der Waals surface area contributed by atoms with Gasteiger partial charge in [0.25, 0.3) is 5.91 Å². The van der Waals surface area contributed by atoms with E-state index in [9.17, 15) is 13.6 Å². The Morgan fingerprint density at radius 2 is 1.88 bits per heavy atom. The van der Waals surface area contributed by atoms with Gasteiger partial charge in [-0.3, -0.25) is 9.48 Å². The molecular formula is C18H15F2N3O. The van der Waals surface area contributed by atoms with Crippen LogP contribution >= 0.6 is 0 Å². The van der Waals surface area contributed by atoms with Crippen LogP contribution in [0.25, 0.3) is 0 Å². The quantitative estimate of drug-likeness (QED) is 0.782. The van der Waals surface area contributed by atoms with Crippen molar-refractivity contribution in [2.45, 2.75) is 13.1 Å². The average Bonchev–Trinajstić information content (AvgIpc) is 3.03. The molecule has 0 saturated carbocycles. The Balaban J connectivity index is 1.61. The third-order valence-corrected chi connectivity index (χ3v) is 3.50. The second-order valence-corrected chi connectivity index (χ2v) is 5.34. The third kappa shape index (κ3) is 3.84. The zero-order valence-electron chi connectivity index (χ0n) is 12.7. The Kier molecular flexibility index (Phi) is 4.65. The van der Waals surface area contributed by atoms with Crippen molar-refractivity contribution < 1.29 is 13.6 Å². The lowest BCUT2D eigenvalue weighted by Crippen LogP contribution is -2.23. The zero-order chi connectivity index (χ0) is 16.9. The maximum absolute atomic E-state index is 13.5. The van der Waals surface area contributed by atoms with E-state index in [1.165, 1.54) is 0 Å². The molecule has 1 amide bonds. The lowest BCUT2D eigenvalue weighted by molar-refractivity contribution is 0.0946. The Morgan fingerprint density at radius 1 is 1.08 bits per heavy atom. The Morgan fingerprint density at radius 3 is 2.67 bits per heavy atom. The van der Waals surface area contributed by atoms with Crippen molar-refractivity contribution in [2.75, 3.05) is 0 Å². The number of benzene rings is 2. The largest absolute Gasteiger partial charge is 0.348 e. The first-order valence-corrected chi connectivity index (χ1v) is 7.40. The van der Waals surface area contributed by atoms with E-state index in [1.54, 1.807) is 17.1 Å². The predicted octanol–water partition coefficient (Wildman–Crippen LogP) is 3.14. The van der Waals surface area contributed by atoms with Gasteiger partial charge in [-0.2, -0.15) is 5.10 Å². The first-order valence-electron chi connectivity index (χ1n) is 7.40. The highest BCUT2D eigenvalue weighted by atomic mass is 19.1. The molecule has 1 heterocycles. The minimum atomic E-state index is -0.756. The topological polar surface area (TPSA) is 46.9 Å². The average molecular weight is 327 g/mol. The second-order valence-electron chi connectivity index (χ2n) is 5.34. The molecule has 24 heavy (non-hydrogen) atoms. The number of halogens is 2. The van der Waals surface area contributed by atoms with E-state index in [0.29, 0.717) is 6.54 Å². The number of hydrogen-bond acceptors (Lipinski definition) is 2. The normalized spacial score (nSPS) is 10.6. The maximum Gasteiger partial charge on any atom is 0.254 e. The highest BCUT2D eigenvalue weighted by Gasteiger charge is 2.12. The summed E-state index contributed by atoms with van der Waals surface area (Å²) in [7, 11) is 0. The fourth-order valence-electron chi connectivity index (χ4n) is 2.30. The minimum Gasteiger partial charge on any atom is -0.348 e. The smallest absolute Gasteiger partial charge is 0.254 e. The number of carbonyl (C=O) groups is 1. The standard InChI is InChI=1S/C18H15F2N3O/c19-15-6-7-17(20)16(8-15)18(24)21-9-14-10-22-23(12-14)11-13-4-2-1-3-5-13/h1-8,10,12H,9,11H2,(H,21,24). The van der Waals surface area contributed by atoms with E-state index in [2.05, 4.69) is 10.4 Å². The molecule has 2 aromatic carbocycles. The van der Waals surface area contributed by atoms with Crippen LogP contribution in [-0.4, -0.2) is 15.7 Å². The molecule has 0 aliphatic heterocycles. The molecule has 0 saturated heterocycles. The van der Waals surface area contributed by atoms with E-state index in [-0.39, 0.29) is 12.1 Å². The summed E-state index contributed by atoms with van der Waals surface area (Å²) in [5, 5.41) is 6.79. The van der Waals surface area contributed by atoms with E-state index >= 15 is 0 Å². The Labute approximate surface area is 137 Å². The van der Waals surface area contributed by atoms with Gasteiger partial charge in [0.05, 0.1) is 18.3 Å². The van der Waals surface area contributed by atoms with E-state index < -0.39 is 17.5 Å². The summed E-state index contributed by atoms with van der Waals surface area (Å²) in [6.07, 6.45) is 3.43. The van der Waals surface area contributed by atoms with Crippen LogP contribution in [0.4, 0.5) is 8.78 Å². The highest BCUT2D eigenvalue weighted by Crippen LogP contribution is 2.10. The summed E-state index contributed by atoms with van der Waals surface area (Å²) in [5.74, 6) is -2.08. The van der Waals surface area contributed by atoms with E-state index in [4.69, 9.17) is 0 Å². The maximum atomic E-state index is 13.5. The highest BCUT2D eigenvalue weighted by molar-refractivity contribution is 5.94. The SMILES string of the molecule is O=C(NCc1cnn(Cc2ccccc2)c1)c1cc(F)ccc1F. The fraction of sp³-hybridized carbons (Fsp3) is 0.111.